The zero-order chi connectivity index (χ0) is 23.0. The lowest BCUT2D eigenvalue weighted by Gasteiger charge is -2.20. The Kier molecular flexibility index (Phi) is 6.18. The number of halogens is 4. The van der Waals surface area contributed by atoms with E-state index in [0.717, 1.165) is 13.1 Å². The Morgan fingerprint density at radius 3 is 2.48 bits per heavy atom. The van der Waals surface area contributed by atoms with Crippen molar-refractivity contribution in [2.75, 3.05) is 11.1 Å². The van der Waals surface area contributed by atoms with E-state index in [1.807, 2.05) is 0 Å². The Morgan fingerprint density at radius 1 is 1.19 bits per heavy atom. The number of nitrogens with one attached hydrogen (secondary N) is 1. The second kappa shape index (κ2) is 8.38. The molecule has 3 aromatic heterocycles. The quantitative estimate of drug-likeness (QED) is 0.539. The molecule has 0 fully saturated rings. The lowest BCUT2D eigenvalue weighted by molar-refractivity contribution is -0.162. The SMILES string of the molecule is CCS(=O)(=O)c1ccc(CNc2nc3cnc(Cl)nc3n(C(C)C(F)(F)F)c2=O)nc1. The van der Waals surface area contributed by atoms with E-state index in [-0.39, 0.29) is 39.5 Å². The van der Waals surface area contributed by atoms with Crippen molar-refractivity contribution in [3.05, 3.63) is 45.9 Å². The first-order chi connectivity index (χ1) is 14.4. The van der Waals surface area contributed by atoms with Crippen molar-refractivity contribution in [3.8, 4) is 0 Å². The molecule has 9 nitrogen and oxygen atoms in total. The molecule has 14 heteroatoms. The van der Waals surface area contributed by atoms with Crippen LogP contribution in [0.5, 0.6) is 0 Å². The molecule has 0 aliphatic carbocycles. The molecule has 0 bridgehead atoms. The van der Waals surface area contributed by atoms with Gasteiger partial charge in [-0.05, 0) is 30.7 Å². The first-order valence-electron chi connectivity index (χ1n) is 8.87. The monoisotopic (exact) mass is 476 g/mol. The van der Waals surface area contributed by atoms with Crippen molar-refractivity contribution in [1.29, 1.82) is 0 Å². The number of fused-ring (bicyclic) bond motifs is 1. The predicted molar refractivity (Wildman–Crippen MR) is 107 cm³/mol. The van der Waals surface area contributed by atoms with Crippen molar-refractivity contribution in [2.45, 2.75) is 37.5 Å². The minimum atomic E-state index is -4.73. The average Bonchev–Trinajstić information content (AvgIpc) is 2.71. The van der Waals surface area contributed by atoms with Gasteiger partial charge in [0.25, 0.3) is 5.56 Å². The minimum absolute atomic E-state index is 0.0398. The van der Waals surface area contributed by atoms with Gasteiger partial charge >= 0.3 is 6.18 Å². The molecule has 3 aromatic rings. The standard InChI is InChI=1S/C17H16ClF3N6O3S/c1-3-31(29,30)11-5-4-10(22-7-11)6-23-13-15(28)27(9(2)17(19,20)21)14-12(25-13)8-24-16(18)26-14/h4-5,7-9H,3,6H2,1-2H3,(H,23,25). The van der Waals surface area contributed by atoms with Crippen LogP contribution in [0.2, 0.25) is 5.28 Å². The van der Waals surface area contributed by atoms with Gasteiger partial charge < -0.3 is 5.32 Å². The predicted octanol–water partition coefficient (Wildman–Crippen LogP) is 2.76. The molecule has 166 valence electrons. The van der Waals surface area contributed by atoms with Crippen LogP contribution in [0.3, 0.4) is 0 Å². The summed E-state index contributed by atoms with van der Waals surface area (Å²) in [7, 11) is -3.43. The van der Waals surface area contributed by atoms with Crippen LogP contribution in [-0.4, -0.2) is 44.8 Å². The lowest BCUT2D eigenvalue weighted by atomic mass is 10.3. The van der Waals surface area contributed by atoms with Gasteiger partial charge in [0.2, 0.25) is 5.28 Å². The molecule has 0 aliphatic heterocycles. The van der Waals surface area contributed by atoms with Gasteiger partial charge in [0, 0.05) is 6.20 Å². The summed E-state index contributed by atoms with van der Waals surface area (Å²) < 4.78 is 64.2. The number of pyridine rings is 1. The first kappa shape index (κ1) is 22.9. The van der Waals surface area contributed by atoms with E-state index in [9.17, 15) is 26.4 Å². The van der Waals surface area contributed by atoms with Crippen molar-refractivity contribution < 1.29 is 21.6 Å². The molecule has 1 N–H and O–H groups in total. The van der Waals surface area contributed by atoms with Gasteiger partial charge in [-0.2, -0.15) is 18.2 Å². The highest BCUT2D eigenvalue weighted by Gasteiger charge is 2.39. The van der Waals surface area contributed by atoms with Crippen LogP contribution in [0.1, 0.15) is 25.6 Å². The van der Waals surface area contributed by atoms with Crippen LogP contribution >= 0.6 is 11.6 Å². The number of alkyl halides is 3. The summed E-state index contributed by atoms with van der Waals surface area (Å²) in [6, 6.07) is 0.584. The fourth-order valence-corrected chi connectivity index (χ4v) is 3.59. The number of rotatable bonds is 6. The Hall–Kier alpha value is -2.80. The number of hydrogen-bond donors (Lipinski definition) is 1. The molecule has 3 rings (SSSR count). The minimum Gasteiger partial charge on any atom is -0.360 e. The number of aromatic nitrogens is 5. The van der Waals surface area contributed by atoms with E-state index in [1.54, 1.807) is 0 Å². The highest BCUT2D eigenvalue weighted by Crippen LogP contribution is 2.31. The van der Waals surface area contributed by atoms with Crippen LogP contribution in [0, 0.1) is 0 Å². The molecule has 0 amide bonds. The smallest absolute Gasteiger partial charge is 0.360 e. The van der Waals surface area contributed by atoms with E-state index in [4.69, 9.17) is 11.6 Å². The molecule has 0 saturated heterocycles. The maximum Gasteiger partial charge on any atom is 0.409 e. The maximum absolute atomic E-state index is 13.4. The Bertz CT molecular complexity index is 1280. The summed E-state index contributed by atoms with van der Waals surface area (Å²) in [6.45, 7) is 2.23. The van der Waals surface area contributed by atoms with Crippen LogP contribution < -0.4 is 10.9 Å². The summed E-state index contributed by atoms with van der Waals surface area (Å²) in [6.07, 6.45) is -2.45. The van der Waals surface area contributed by atoms with Crippen LogP contribution in [0.25, 0.3) is 11.2 Å². The number of nitrogens with zero attached hydrogens (tertiary/aromatic N) is 5. The van der Waals surface area contributed by atoms with Gasteiger partial charge in [-0.1, -0.05) is 6.92 Å². The van der Waals surface area contributed by atoms with E-state index in [2.05, 4.69) is 25.3 Å². The van der Waals surface area contributed by atoms with E-state index >= 15 is 0 Å². The Labute approximate surface area is 179 Å². The van der Waals surface area contributed by atoms with Gasteiger partial charge in [-0.15, -0.1) is 0 Å². The summed E-state index contributed by atoms with van der Waals surface area (Å²) in [5.41, 5.74) is -1.14. The van der Waals surface area contributed by atoms with E-state index in [0.29, 0.717) is 10.3 Å². The maximum atomic E-state index is 13.4. The zero-order valence-electron chi connectivity index (χ0n) is 16.2. The fraction of sp³-hybridized carbons (Fsp3) is 0.353. The second-order valence-electron chi connectivity index (χ2n) is 6.44. The molecule has 0 saturated carbocycles. The molecular formula is C17H16ClF3N6O3S. The van der Waals surface area contributed by atoms with E-state index < -0.39 is 27.6 Å². The molecular weight excluding hydrogens is 461 g/mol. The van der Waals surface area contributed by atoms with Crippen molar-refractivity contribution in [3.63, 3.8) is 0 Å². The van der Waals surface area contributed by atoms with Crippen molar-refractivity contribution >= 4 is 38.4 Å². The molecule has 0 aliphatic rings. The average molecular weight is 477 g/mol. The van der Waals surface area contributed by atoms with Gasteiger partial charge in [0.05, 0.1) is 29.1 Å². The van der Waals surface area contributed by atoms with Gasteiger partial charge in [0.15, 0.2) is 21.3 Å². The highest BCUT2D eigenvalue weighted by molar-refractivity contribution is 7.91. The second-order valence-corrected chi connectivity index (χ2v) is 9.06. The molecule has 1 atom stereocenters. The first-order valence-corrected chi connectivity index (χ1v) is 10.9. The van der Waals surface area contributed by atoms with Gasteiger partial charge in [-0.25, -0.2) is 18.4 Å². The molecule has 31 heavy (non-hydrogen) atoms. The molecule has 0 spiro atoms. The van der Waals surface area contributed by atoms with Gasteiger partial charge in [0.1, 0.15) is 11.6 Å². The Balaban J connectivity index is 1.99. The van der Waals surface area contributed by atoms with Crippen molar-refractivity contribution in [1.82, 2.24) is 24.5 Å². The highest BCUT2D eigenvalue weighted by atomic mass is 35.5. The number of sulfone groups is 1. The Morgan fingerprint density at radius 2 is 1.90 bits per heavy atom. The topological polar surface area (TPSA) is 120 Å². The third-order valence-electron chi connectivity index (χ3n) is 4.44. The summed E-state index contributed by atoms with van der Waals surface area (Å²) in [5.74, 6) is -0.461. The fourth-order valence-electron chi connectivity index (χ4n) is 2.64. The third-order valence-corrected chi connectivity index (χ3v) is 6.34. The van der Waals surface area contributed by atoms with E-state index in [1.165, 1.54) is 25.3 Å². The molecule has 3 heterocycles. The van der Waals surface area contributed by atoms with Gasteiger partial charge in [-0.3, -0.25) is 14.3 Å². The third kappa shape index (κ3) is 4.77. The number of anilines is 1. The van der Waals surface area contributed by atoms with Crippen LogP contribution in [0.4, 0.5) is 19.0 Å². The summed E-state index contributed by atoms with van der Waals surface area (Å²) >= 11 is 5.68. The molecule has 0 radical (unpaired) electrons. The molecule has 0 aromatic carbocycles. The largest absolute Gasteiger partial charge is 0.409 e. The normalized spacial score (nSPS) is 13.4. The lowest BCUT2D eigenvalue weighted by Crippen LogP contribution is -2.35. The molecule has 1 unspecified atom stereocenters. The zero-order valence-corrected chi connectivity index (χ0v) is 17.8. The summed E-state index contributed by atoms with van der Waals surface area (Å²) in [5, 5.41) is 2.31. The summed E-state index contributed by atoms with van der Waals surface area (Å²) in [4.78, 5) is 28.2. The van der Waals surface area contributed by atoms with Crippen LogP contribution in [-0.2, 0) is 16.4 Å². The van der Waals surface area contributed by atoms with Crippen LogP contribution in [0.15, 0.2) is 34.2 Å². The number of hydrogen-bond acceptors (Lipinski definition) is 8. The van der Waals surface area contributed by atoms with Crippen molar-refractivity contribution in [2.24, 2.45) is 0 Å².